The van der Waals surface area contributed by atoms with Gasteiger partial charge in [-0.3, -0.25) is 4.79 Å². The molecule has 4 heterocycles. The first-order valence-corrected chi connectivity index (χ1v) is 14.9. The van der Waals surface area contributed by atoms with Crippen LogP contribution in [-0.2, 0) is 4.79 Å². The van der Waals surface area contributed by atoms with Gasteiger partial charge in [0.15, 0.2) is 0 Å². The number of hydrogen-bond acceptors (Lipinski definition) is 7. The highest BCUT2D eigenvalue weighted by atomic mass is 16.5. The Morgan fingerprint density at radius 3 is 2.47 bits per heavy atom. The lowest BCUT2D eigenvalue weighted by Crippen LogP contribution is -2.46. The maximum atomic E-state index is 13.9. The van der Waals surface area contributed by atoms with Gasteiger partial charge in [-0.15, -0.1) is 0 Å². The van der Waals surface area contributed by atoms with E-state index < -0.39 is 6.04 Å². The van der Waals surface area contributed by atoms with Crippen LogP contribution in [0.25, 0.3) is 22.4 Å². The summed E-state index contributed by atoms with van der Waals surface area (Å²) in [7, 11) is 1.65. The molecule has 9 nitrogen and oxygen atoms in total. The quantitative estimate of drug-likeness (QED) is 0.276. The number of imidazole rings is 1. The number of hydrogen-bond donors (Lipinski definition) is 2. The van der Waals surface area contributed by atoms with Gasteiger partial charge in [-0.2, -0.15) is 0 Å². The molecule has 1 aliphatic carbocycles. The minimum absolute atomic E-state index is 0.0953. The van der Waals surface area contributed by atoms with Crippen LogP contribution in [-0.4, -0.2) is 59.8 Å². The van der Waals surface area contributed by atoms with E-state index in [1.165, 1.54) is 12.8 Å². The van der Waals surface area contributed by atoms with Gasteiger partial charge in [0, 0.05) is 55.4 Å². The van der Waals surface area contributed by atoms with Gasteiger partial charge in [0.25, 0.3) is 5.91 Å². The Morgan fingerprint density at radius 1 is 0.907 bits per heavy atom. The van der Waals surface area contributed by atoms with Crippen LogP contribution in [0.2, 0.25) is 0 Å². The summed E-state index contributed by atoms with van der Waals surface area (Å²) in [6, 6.07) is 26.3. The maximum absolute atomic E-state index is 13.9. The van der Waals surface area contributed by atoms with Crippen molar-refractivity contribution in [3.63, 3.8) is 0 Å². The molecule has 0 bridgehead atoms. The summed E-state index contributed by atoms with van der Waals surface area (Å²) in [4.78, 5) is 28.4. The second-order valence-electron chi connectivity index (χ2n) is 11.5. The highest BCUT2D eigenvalue weighted by molar-refractivity contribution is 6.03. The van der Waals surface area contributed by atoms with E-state index in [1.54, 1.807) is 7.11 Å². The number of anilines is 4. The Morgan fingerprint density at radius 2 is 1.72 bits per heavy atom. The lowest BCUT2D eigenvalue weighted by molar-refractivity contribution is -0.118. The zero-order chi connectivity index (χ0) is 28.9. The number of carbonyl (C=O) groups excluding carboxylic acids is 1. The number of piperazine rings is 1. The number of aromatic nitrogens is 3. The van der Waals surface area contributed by atoms with Gasteiger partial charge in [0.2, 0.25) is 0 Å². The summed E-state index contributed by atoms with van der Waals surface area (Å²) >= 11 is 0. The van der Waals surface area contributed by atoms with Crippen molar-refractivity contribution in [2.75, 3.05) is 53.7 Å². The van der Waals surface area contributed by atoms with E-state index in [-0.39, 0.29) is 5.91 Å². The molecule has 2 aromatic heterocycles. The normalized spacial score (nSPS) is 18.1. The molecule has 1 atom stereocenters. The Balaban J connectivity index is 1.20. The van der Waals surface area contributed by atoms with Crippen LogP contribution in [0.5, 0.6) is 5.75 Å². The summed E-state index contributed by atoms with van der Waals surface area (Å²) < 4.78 is 7.50. The van der Waals surface area contributed by atoms with Crippen LogP contribution >= 0.6 is 0 Å². The maximum Gasteiger partial charge on any atom is 0.252 e. The predicted molar refractivity (Wildman–Crippen MR) is 170 cm³/mol. The van der Waals surface area contributed by atoms with E-state index in [0.29, 0.717) is 6.04 Å². The van der Waals surface area contributed by atoms with Gasteiger partial charge >= 0.3 is 0 Å². The van der Waals surface area contributed by atoms with Gasteiger partial charge in [-0.25, -0.2) is 9.97 Å². The molecular weight excluding hydrogens is 538 g/mol. The largest absolute Gasteiger partial charge is 0.497 e. The predicted octanol–water partition coefficient (Wildman–Crippen LogP) is 5.55. The summed E-state index contributed by atoms with van der Waals surface area (Å²) in [6.07, 6.45) is 4.22. The van der Waals surface area contributed by atoms with Crippen LogP contribution in [0.15, 0.2) is 85.1 Å². The van der Waals surface area contributed by atoms with Crippen LogP contribution in [0, 0.1) is 0 Å². The monoisotopic (exact) mass is 571 g/mol. The second-order valence-corrected chi connectivity index (χ2v) is 11.5. The second kappa shape index (κ2) is 10.3. The number of nitrogens with one attached hydrogen (secondary N) is 2. The van der Waals surface area contributed by atoms with Gasteiger partial charge in [-0.05, 0) is 79.1 Å². The van der Waals surface area contributed by atoms with Crippen molar-refractivity contribution < 1.29 is 9.53 Å². The molecule has 216 valence electrons. The fourth-order valence-corrected chi connectivity index (χ4v) is 6.27. The Kier molecular flexibility index (Phi) is 6.17. The molecule has 1 saturated heterocycles. The molecule has 3 aliphatic rings. The lowest BCUT2D eigenvalue weighted by atomic mass is 10.1. The van der Waals surface area contributed by atoms with Crippen molar-refractivity contribution in [2.24, 2.45) is 0 Å². The Bertz CT molecular complexity index is 1810. The third-order valence-corrected chi connectivity index (χ3v) is 8.70. The van der Waals surface area contributed by atoms with Crippen molar-refractivity contribution in [3.05, 3.63) is 90.6 Å². The van der Waals surface area contributed by atoms with Crippen molar-refractivity contribution >= 4 is 39.8 Å². The molecule has 2 N–H and O–H groups in total. The smallest absolute Gasteiger partial charge is 0.252 e. The molecule has 9 heteroatoms. The Hall–Kier alpha value is -5.05. The molecular formula is C34H33N7O2. The lowest BCUT2D eigenvalue weighted by Gasteiger charge is -2.36. The standard InChI is InChI=1S/C34H33N7O2/c1-43-26-11-5-22(6-12-26)32-34(42)38-28-13-9-24(36-23-7-8-23)20-27(28)33-37-29-21-25(10-14-30(29)41(32)33)39-16-18-40(19-17-39)31-4-2-3-15-35-31/h2-6,9-15,20-21,23,32,36H,7-8,16-19H2,1H3,(H,38,42). The number of methoxy groups -OCH3 is 1. The van der Waals surface area contributed by atoms with E-state index >= 15 is 0 Å². The first-order valence-electron chi connectivity index (χ1n) is 14.9. The zero-order valence-corrected chi connectivity index (χ0v) is 24.0. The average molecular weight is 572 g/mol. The van der Waals surface area contributed by atoms with E-state index in [1.807, 2.05) is 54.7 Å². The van der Waals surface area contributed by atoms with Crippen LogP contribution in [0.4, 0.5) is 22.9 Å². The van der Waals surface area contributed by atoms with Crippen LogP contribution in [0.3, 0.4) is 0 Å². The van der Waals surface area contributed by atoms with Crippen molar-refractivity contribution in [1.29, 1.82) is 0 Å². The van der Waals surface area contributed by atoms with Gasteiger partial charge < -0.3 is 29.7 Å². The number of nitrogens with zero attached hydrogens (tertiary/aromatic N) is 5. The molecule has 0 radical (unpaired) electrons. The van der Waals surface area contributed by atoms with Gasteiger partial charge in [0.1, 0.15) is 23.4 Å². The summed E-state index contributed by atoms with van der Waals surface area (Å²) in [6.45, 7) is 3.59. The highest BCUT2D eigenvalue weighted by Crippen LogP contribution is 2.41. The molecule has 8 rings (SSSR count). The van der Waals surface area contributed by atoms with E-state index in [4.69, 9.17) is 9.72 Å². The van der Waals surface area contributed by atoms with Gasteiger partial charge in [0.05, 0.1) is 23.8 Å². The number of pyridine rings is 1. The number of ether oxygens (including phenoxy) is 1. The molecule has 1 saturated carbocycles. The SMILES string of the molecule is COc1ccc(C2C(=O)Nc3ccc(NC4CC4)cc3-c3nc4cc(N5CCN(c6ccccn6)CC5)ccc4n32)cc1. The highest BCUT2D eigenvalue weighted by Gasteiger charge is 2.33. The van der Waals surface area contributed by atoms with E-state index in [0.717, 1.165) is 82.8 Å². The molecule has 1 unspecified atom stereocenters. The molecule has 2 aliphatic heterocycles. The minimum atomic E-state index is -0.592. The first-order chi connectivity index (χ1) is 21.1. The molecule has 43 heavy (non-hydrogen) atoms. The molecule has 2 fully saturated rings. The number of rotatable bonds is 6. The summed E-state index contributed by atoms with van der Waals surface area (Å²) in [5.74, 6) is 2.45. The first kappa shape index (κ1) is 25.6. The topological polar surface area (TPSA) is 87.5 Å². The molecule has 0 spiro atoms. The van der Waals surface area contributed by atoms with E-state index in [2.05, 4.69) is 60.3 Å². The fraction of sp³-hybridized carbons (Fsp3) is 0.265. The van der Waals surface area contributed by atoms with Crippen LogP contribution in [0.1, 0.15) is 24.4 Å². The molecule has 5 aromatic rings. The number of amides is 1. The number of fused-ring (bicyclic) bond motifs is 5. The van der Waals surface area contributed by atoms with Crippen molar-refractivity contribution in [2.45, 2.75) is 24.9 Å². The van der Waals surface area contributed by atoms with Crippen molar-refractivity contribution in [3.8, 4) is 17.1 Å². The van der Waals surface area contributed by atoms with Crippen molar-refractivity contribution in [1.82, 2.24) is 14.5 Å². The van der Waals surface area contributed by atoms with E-state index in [9.17, 15) is 4.79 Å². The molecule has 1 amide bonds. The average Bonchev–Trinajstić information content (AvgIpc) is 3.82. The molecule has 3 aromatic carbocycles. The summed E-state index contributed by atoms with van der Waals surface area (Å²) in [5, 5.41) is 6.80. The fourth-order valence-electron chi connectivity index (χ4n) is 6.27. The van der Waals surface area contributed by atoms with Gasteiger partial charge in [-0.1, -0.05) is 18.2 Å². The Labute approximate surface area is 250 Å². The zero-order valence-electron chi connectivity index (χ0n) is 24.0. The minimum Gasteiger partial charge on any atom is -0.497 e. The number of carbonyl (C=O) groups is 1. The van der Waals surface area contributed by atoms with Crippen LogP contribution < -0.4 is 25.2 Å². The summed E-state index contributed by atoms with van der Waals surface area (Å²) in [5.41, 5.74) is 6.54. The third-order valence-electron chi connectivity index (χ3n) is 8.70. The third kappa shape index (κ3) is 4.70. The number of benzene rings is 3.